The Balaban J connectivity index is 1.71. The van der Waals surface area contributed by atoms with Gasteiger partial charge in [-0.2, -0.15) is 0 Å². The fourth-order valence-electron chi connectivity index (χ4n) is 3.24. The van der Waals surface area contributed by atoms with Gasteiger partial charge in [0.05, 0.1) is 0 Å². The topological polar surface area (TPSA) is 12.0 Å². The number of nitrogens with one attached hydrogen (secondary N) is 1. The standard InChI is InChI=1S/C16H22ClN/c17-16-8-4-3-7-15(16)14-6-2-1-5-12(14)11-18-13-9-10-13/h3-4,7-8,12-14,18H,1-2,5-6,9-11H2. The largest absolute Gasteiger partial charge is 0.314 e. The quantitative estimate of drug-likeness (QED) is 0.851. The first-order valence-corrected chi connectivity index (χ1v) is 7.70. The summed E-state index contributed by atoms with van der Waals surface area (Å²) in [6, 6.07) is 9.24. The predicted octanol–water partition coefficient (Wildman–Crippen LogP) is 4.37. The third-order valence-corrected chi connectivity index (χ3v) is 4.80. The first-order valence-electron chi connectivity index (χ1n) is 7.32. The Morgan fingerprint density at radius 1 is 1.06 bits per heavy atom. The summed E-state index contributed by atoms with van der Waals surface area (Å²) in [6.45, 7) is 1.18. The van der Waals surface area contributed by atoms with E-state index in [0.29, 0.717) is 5.92 Å². The van der Waals surface area contributed by atoms with Crippen molar-refractivity contribution in [1.29, 1.82) is 0 Å². The van der Waals surface area contributed by atoms with Crippen molar-refractivity contribution in [2.45, 2.75) is 50.5 Å². The van der Waals surface area contributed by atoms with E-state index >= 15 is 0 Å². The van der Waals surface area contributed by atoms with Gasteiger partial charge in [-0.1, -0.05) is 42.6 Å². The lowest BCUT2D eigenvalue weighted by atomic mass is 9.75. The summed E-state index contributed by atoms with van der Waals surface area (Å²) < 4.78 is 0. The molecule has 0 bridgehead atoms. The number of halogens is 1. The molecule has 2 aliphatic rings. The Bertz CT molecular complexity index is 400. The van der Waals surface area contributed by atoms with Crippen LogP contribution in [-0.2, 0) is 0 Å². The van der Waals surface area contributed by atoms with Crippen molar-refractivity contribution in [3.05, 3.63) is 34.9 Å². The highest BCUT2D eigenvalue weighted by atomic mass is 35.5. The van der Waals surface area contributed by atoms with Gasteiger partial charge in [-0.05, 0) is 55.7 Å². The van der Waals surface area contributed by atoms with Gasteiger partial charge in [-0.15, -0.1) is 0 Å². The average Bonchev–Trinajstić information content (AvgIpc) is 3.22. The molecule has 1 aromatic carbocycles. The molecule has 3 rings (SSSR count). The van der Waals surface area contributed by atoms with E-state index in [1.165, 1.54) is 50.6 Å². The van der Waals surface area contributed by atoms with Crippen LogP contribution in [0.25, 0.3) is 0 Å². The summed E-state index contributed by atoms with van der Waals surface area (Å²) in [6.07, 6.45) is 8.16. The monoisotopic (exact) mass is 263 g/mol. The van der Waals surface area contributed by atoms with E-state index in [-0.39, 0.29) is 0 Å². The highest BCUT2D eigenvalue weighted by Crippen LogP contribution is 2.40. The summed E-state index contributed by atoms with van der Waals surface area (Å²) >= 11 is 6.38. The maximum Gasteiger partial charge on any atom is 0.0440 e. The zero-order valence-electron chi connectivity index (χ0n) is 10.9. The molecule has 1 N–H and O–H groups in total. The van der Waals surface area contributed by atoms with Crippen LogP contribution in [0.3, 0.4) is 0 Å². The van der Waals surface area contributed by atoms with Crippen molar-refractivity contribution in [1.82, 2.24) is 5.32 Å². The Labute approximate surface area is 115 Å². The van der Waals surface area contributed by atoms with Gasteiger partial charge in [0.2, 0.25) is 0 Å². The maximum absolute atomic E-state index is 6.38. The third kappa shape index (κ3) is 2.89. The van der Waals surface area contributed by atoms with Gasteiger partial charge in [-0.3, -0.25) is 0 Å². The molecule has 2 unspecified atom stereocenters. The van der Waals surface area contributed by atoms with Gasteiger partial charge in [0.15, 0.2) is 0 Å². The van der Waals surface area contributed by atoms with Crippen LogP contribution >= 0.6 is 11.6 Å². The molecule has 2 aliphatic carbocycles. The van der Waals surface area contributed by atoms with E-state index < -0.39 is 0 Å². The van der Waals surface area contributed by atoms with Gasteiger partial charge in [-0.25, -0.2) is 0 Å². The highest BCUT2D eigenvalue weighted by molar-refractivity contribution is 6.31. The molecule has 0 amide bonds. The Morgan fingerprint density at radius 2 is 1.83 bits per heavy atom. The highest BCUT2D eigenvalue weighted by Gasteiger charge is 2.29. The smallest absolute Gasteiger partial charge is 0.0440 e. The number of hydrogen-bond acceptors (Lipinski definition) is 1. The molecule has 0 aliphatic heterocycles. The third-order valence-electron chi connectivity index (χ3n) is 4.46. The summed E-state index contributed by atoms with van der Waals surface area (Å²) in [5.74, 6) is 1.44. The molecule has 1 nitrogen and oxygen atoms in total. The molecule has 0 spiro atoms. The lowest BCUT2D eigenvalue weighted by Gasteiger charge is -2.32. The van der Waals surface area contributed by atoms with Gasteiger partial charge in [0.1, 0.15) is 0 Å². The van der Waals surface area contributed by atoms with Crippen LogP contribution in [0, 0.1) is 5.92 Å². The van der Waals surface area contributed by atoms with Crippen LogP contribution in [0.2, 0.25) is 5.02 Å². The summed E-state index contributed by atoms with van der Waals surface area (Å²) in [5.41, 5.74) is 1.38. The van der Waals surface area contributed by atoms with Crippen LogP contribution in [0.1, 0.15) is 50.0 Å². The molecule has 0 radical (unpaired) electrons. The SMILES string of the molecule is Clc1ccccc1C1CCCCC1CNC1CC1. The summed E-state index contributed by atoms with van der Waals surface area (Å²) in [5, 5.41) is 4.66. The molecule has 2 fully saturated rings. The second-order valence-electron chi connectivity index (χ2n) is 5.86. The normalized spacial score (nSPS) is 28.3. The van der Waals surface area contributed by atoms with E-state index in [1.54, 1.807) is 0 Å². The van der Waals surface area contributed by atoms with E-state index in [1.807, 2.05) is 12.1 Å². The Morgan fingerprint density at radius 3 is 2.61 bits per heavy atom. The molecule has 0 aromatic heterocycles. The van der Waals surface area contributed by atoms with E-state index in [0.717, 1.165) is 17.0 Å². The maximum atomic E-state index is 6.38. The molecule has 2 atom stereocenters. The molecule has 0 heterocycles. The lowest BCUT2D eigenvalue weighted by Crippen LogP contribution is -2.30. The van der Waals surface area contributed by atoms with Crippen LogP contribution in [0.4, 0.5) is 0 Å². The first kappa shape index (κ1) is 12.5. The number of hydrogen-bond donors (Lipinski definition) is 1. The molecule has 98 valence electrons. The Hall–Kier alpha value is -0.530. The summed E-state index contributed by atoms with van der Waals surface area (Å²) in [7, 11) is 0. The average molecular weight is 264 g/mol. The molecular weight excluding hydrogens is 242 g/mol. The zero-order chi connectivity index (χ0) is 12.4. The minimum absolute atomic E-state index is 0.665. The van der Waals surface area contributed by atoms with E-state index in [9.17, 15) is 0 Å². The van der Waals surface area contributed by atoms with Gasteiger partial charge in [0, 0.05) is 11.1 Å². The van der Waals surface area contributed by atoms with Crippen molar-refractivity contribution >= 4 is 11.6 Å². The summed E-state index contributed by atoms with van der Waals surface area (Å²) in [4.78, 5) is 0. The van der Waals surface area contributed by atoms with Crippen molar-refractivity contribution in [3.63, 3.8) is 0 Å². The van der Waals surface area contributed by atoms with Gasteiger partial charge >= 0.3 is 0 Å². The van der Waals surface area contributed by atoms with E-state index in [4.69, 9.17) is 11.6 Å². The number of benzene rings is 1. The van der Waals surface area contributed by atoms with Gasteiger partial charge < -0.3 is 5.32 Å². The minimum atomic E-state index is 0.665. The zero-order valence-corrected chi connectivity index (χ0v) is 11.6. The van der Waals surface area contributed by atoms with Crippen molar-refractivity contribution in [2.75, 3.05) is 6.54 Å². The second kappa shape index (κ2) is 5.63. The van der Waals surface area contributed by atoms with Crippen molar-refractivity contribution < 1.29 is 0 Å². The van der Waals surface area contributed by atoms with Gasteiger partial charge in [0.25, 0.3) is 0 Å². The molecule has 1 aromatic rings. The fourth-order valence-corrected chi connectivity index (χ4v) is 3.52. The van der Waals surface area contributed by atoms with Crippen LogP contribution in [0.5, 0.6) is 0 Å². The molecule has 18 heavy (non-hydrogen) atoms. The van der Waals surface area contributed by atoms with Crippen LogP contribution in [-0.4, -0.2) is 12.6 Å². The van der Waals surface area contributed by atoms with Crippen LogP contribution < -0.4 is 5.32 Å². The second-order valence-corrected chi connectivity index (χ2v) is 6.26. The molecule has 2 heteroatoms. The predicted molar refractivity (Wildman–Crippen MR) is 77.2 cm³/mol. The van der Waals surface area contributed by atoms with Crippen LogP contribution in [0.15, 0.2) is 24.3 Å². The fraction of sp³-hybridized carbons (Fsp3) is 0.625. The van der Waals surface area contributed by atoms with Crippen molar-refractivity contribution in [2.24, 2.45) is 5.92 Å². The number of rotatable bonds is 4. The Kier molecular flexibility index (Phi) is 3.91. The minimum Gasteiger partial charge on any atom is -0.314 e. The van der Waals surface area contributed by atoms with Crippen molar-refractivity contribution in [3.8, 4) is 0 Å². The molecule has 0 saturated heterocycles. The lowest BCUT2D eigenvalue weighted by molar-refractivity contribution is 0.295. The molecular formula is C16H22ClN. The first-order chi connectivity index (χ1) is 8.84. The molecule has 2 saturated carbocycles. The van der Waals surface area contributed by atoms with E-state index in [2.05, 4.69) is 17.4 Å².